The van der Waals surface area contributed by atoms with Gasteiger partial charge < -0.3 is 35.5 Å². The third-order valence-corrected chi connectivity index (χ3v) is 6.69. The zero-order chi connectivity index (χ0) is 28.2. The fourth-order valence-corrected chi connectivity index (χ4v) is 4.36. The summed E-state index contributed by atoms with van der Waals surface area (Å²) < 4.78 is 21.6. The quantitative estimate of drug-likeness (QED) is 0.204. The summed E-state index contributed by atoms with van der Waals surface area (Å²) in [5, 5.41) is 25.0. The van der Waals surface area contributed by atoms with Gasteiger partial charge in [-0.15, -0.1) is 5.10 Å². The van der Waals surface area contributed by atoms with Crippen LogP contribution in [-0.4, -0.2) is 111 Å². The number of hydrogen-bond acceptors (Lipinski definition) is 12. The highest BCUT2D eigenvalue weighted by Crippen LogP contribution is 2.23. The van der Waals surface area contributed by atoms with Crippen molar-refractivity contribution >= 4 is 29.3 Å². The molecule has 0 bridgehead atoms. The van der Waals surface area contributed by atoms with Crippen LogP contribution in [0.2, 0.25) is 0 Å². The van der Waals surface area contributed by atoms with Crippen molar-refractivity contribution in [3.63, 3.8) is 0 Å². The van der Waals surface area contributed by atoms with Gasteiger partial charge in [-0.3, -0.25) is 9.69 Å². The molecule has 15 heteroatoms. The molecule has 1 aliphatic heterocycles. The molecule has 4 aromatic rings. The summed E-state index contributed by atoms with van der Waals surface area (Å²) in [5.41, 5.74) is 6.69. The molecule has 5 N–H and O–H groups in total. The first kappa shape index (κ1) is 27.2. The van der Waals surface area contributed by atoms with Gasteiger partial charge in [-0.25, -0.2) is 4.39 Å². The van der Waals surface area contributed by atoms with Crippen LogP contribution >= 0.6 is 0 Å². The Bertz CT molecular complexity index is 1460. The van der Waals surface area contributed by atoms with Crippen LogP contribution in [-0.2, 0) is 0 Å². The SMILES string of the molecule is CN(CCN1CCN(c2ccc(C(=O)NCC(O)CO)cc2F)CC1)c1nc(N)n2nc(-c3ccco3)nc2n1. The molecule has 5 rings (SSSR count). The van der Waals surface area contributed by atoms with Crippen molar-refractivity contribution in [3.05, 3.63) is 48.0 Å². The number of anilines is 3. The molecular formula is C25H31FN10O4. The number of aliphatic hydroxyl groups is 2. The predicted molar refractivity (Wildman–Crippen MR) is 144 cm³/mol. The number of hydrogen-bond donors (Lipinski definition) is 4. The lowest BCUT2D eigenvalue weighted by Crippen LogP contribution is -2.48. The minimum atomic E-state index is -1.06. The van der Waals surface area contributed by atoms with Gasteiger partial charge in [0, 0.05) is 58.4 Å². The van der Waals surface area contributed by atoms with E-state index in [9.17, 15) is 14.3 Å². The van der Waals surface area contributed by atoms with Gasteiger partial charge in [-0.2, -0.15) is 19.5 Å². The van der Waals surface area contributed by atoms with E-state index in [1.807, 2.05) is 16.8 Å². The molecule has 1 fully saturated rings. The first-order valence-electron chi connectivity index (χ1n) is 12.8. The number of halogens is 1. The first-order valence-corrected chi connectivity index (χ1v) is 12.8. The van der Waals surface area contributed by atoms with Crippen LogP contribution in [0.3, 0.4) is 0 Å². The number of aromatic nitrogens is 5. The summed E-state index contributed by atoms with van der Waals surface area (Å²) in [6, 6.07) is 7.83. The Labute approximate surface area is 228 Å². The molecule has 0 radical (unpaired) electrons. The lowest BCUT2D eigenvalue weighted by atomic mass is 10.1. The molecule has 1 atom stereocenters. The maximum absolute atomic E-state index is 14.9. The molecule has 1 saturated heterocycles. The molecule has 212 valence electrons. The summed E-state index contributed by atoms with van der Waals surface area (Å²) in [6.07, 6.45) is 0.478. The van der Waals surface area contributed by atoms with Crippen molar-refractivity contribution in [1.82, 2.24) is 34.8 Å². The van der Waals surface area contributed by atoms with Crippen LogP contribution < -0.4 is 20.9 Å². The van der Waals surface area contributed by atoms with E-state index >= 15 is 0 Å². The van der Waals surface area contributed by atoms with Crippen LogP contribution in [0.25, 0.3) is 17.4 Å². The van der Waals surface area contributed by atoms with Crippen LogP contribution in [0.1, 0.15) is 10.4 Å². The number of piperazine rings is 1. The standard InChI is InChI=1S/C25H31FN10O4/c1-33(24-30-23(27)36-25(31-24)29-21(32-36)20-3-2-12-40-20)6-7-34-8-10-35(11-9-34)19-5-4-16(13-18(19)26)22(39)28-14-17(38)15-37/h2-5,12-13,17,37-38H,6-11,14-15H2,1H3,(H,28,39)(H2,27,29,30,31,32). The molecule has 0 spiro atoms. The number of benzene rings is 1. The molecule has 1 aromatic carbocycles. The summed E-state index contributed by atoms with van der Waals surface area (Å²) >= 11 is 0. The number of carbonyl (C=O) groups is 1. The number of nitrogens with zero attached hydrogens (tertiary/aromatic N) is 8. The van der Waals surface area contributed by atoms with Gasteiger partial charge >= 0.3 is 0 Å². The zero-order valence-corrected chi connectivity index (χ0v) is 21.9. The number of furan rings is 1. The third-order valence-electron chi connectivity index (χ3n) is 6.69. The van der Waals surface area contributed by atoms with Gasteiger partial charge in [0.15, 0.2) is 5.76 Å². The molecule has 4 heterocycles. The third kappa shape index (κ3) is 5.95. The number of nitrogens with two attached hydrogens (primary N) is 1. The van der Waals surface area contributed by atoms with Gasteiger partial charge in [-0.05, 0) is 30.3 Å². The van der Waals surface area contributed by atoms with E-state index < -0.39 is 24.4 Å². The second-order valence-electron chi connectivity index (χ2n) is 9.47. The number of nitrogen functional groups attached to an aromatic ring is 1. The smallest absolute Gasteiger partial charge is 0.259 e. The fraction of sp³-hybridized carbons (Fsp3) is 0.400. The first-order chi connectivity index (χ1) is 19.3. The Kier molecular flexibility index (Phi) is 8.04. The van der Waals surface area contributed by atoms with E-state index in [0.29, 0.717) is 48.6 Å². The molecule has 1 aliphatic rings. The molecule has 40 heavy (non-hydrogen) atoms. The molecule has 3 aromatic heterocycles. The maximum atomic E-state index is 14.9. The monoisotopic (exact) mass is 554 g/mol. The number of carbonyl (C=O) groups excluding carboxylic acids is 1. The normalized spacial score (nSPS) is 14.9. The second kappa shape index (κ2) is 11.8. The Morgan fingerprint density at radius 3 is 2.73 bits per heavy atom. The van der Waals surface area contributed by atoms with E-state index in [1.165, 1.54) is 10.6 Å². The number of rotatable bonds is 10. The van der Waals surface area contributed by atoms with Crippen LogP contribution in [0, 0.1) is 5.82 Å². The number of fused-ring (bicyclic) bond motifs is 1. The molecule has 0 saturated carbocycles. The van der Waals surface area contributed by atoms with Crippen molar-refractivity contribution in [2.45, 2.75) is 6.10 Å². The van der Waals surface area contributed by atoms with E-state index in [4.69, 9.17) is 15.3 Å². The highest BCUT2D eigenvalue weighted by molar-refractivity contribution is 5.94. The van der Waals surface area contributed by atoms with E-state index in [2.05, 4.69) is 30.3 Å². The van der Waals surface area contributed by atoms with Crippen molar-refractivity contribution < 1.29 is 23.8 Å². The van der Waals surface area contributed by atoms with E-state index in [1.54, 1.807) is 30.5 Å². The van der Waals surface area contributed by atoms with Gasteiger partial charge in [0.2, 0.25) is 17.7 Å². The molecular weight excluding hydrogens is 523 g/mol. The van der Waals surface area contributed by atoms with Gasteiger partial charge in [0.25, 0.3) is 11.7 Å². The average Bonchev–Trinajstić information content (AvgIpc) is 3.65. The Morgan fingerprint density at radius 1 is 1.23 bits per heavy atom. The second-order valence-corrected chi connectivity index (χ2v) is 9.47. The molecule has 1 amide bonds. The summed E-state index contributed by atoms with van der Waals surface area (Å²) in [5.74, 6) is 0.794. The molecule has 1 unspecified atom stereocenters. The minimum absolute atomic E-state index is 0.114. The van der Waals surface area contributed by atoms with Gasteiger partial charge in [0.05, 0.1) is 24.7 Å². The number of amides is 1. The van der Waals surface area contributed by atoms with Crippen molar-refractivity contribution in [2.24, 2.45) is 0 Å². The van der Waals surface area contributed by atoms with Crippen molar-refractivity contribution in [3.8, 4) is 11.6 Å². The summed E-state index contributed by atoms with van der Waals surface area (Å²) in [4.78, 5) is 31.6. The fourth-order valence-electron chi connectivity index (χ4n) is 4.36. The van der Waals surface area contributed by atoms with Crippen molar-refractivity contribution in [2.75, 3.05) is 75.0 Å². The lowest BCUT2D eigenvalue weighted by Gasteiger charge is -2.36. The van der Waals surface area contributed by atoms with Gasteiger partial charge in [-0.1, -0.05) is 0 Å². The minimum Gasteiger partial charge on any atom is -0.461 e. The number of nitrogens with one attached hydrogen (secondary N) is 1. The van der Waals surface area contributed by atoms with Crippen molar-refractivity contribution in [1.29, 1.82) is 0 Å². The average molecular weight is 555 g/mol. The molecule has 14 nitrogen and oxygen atoms in total. The van der Waals surface area contributed by atoms with E-state index in [0.717, 1.165) is 19.6 Å². The van der Waals surface area contributed by atoms with Crippen LogP contribution in [0.5, 0.6) is 0 Å². The zero-order valence-electron chi connectivity index (χ0n) is 21.9. The largest absolute Gasteiger partial charge is 0.461 e. The maximum Gasteiger partial charge on any atom is 0.259 e. The number of likely N-dealkylation sites (N-methyl/N-ethyl adjacent to an activating group) is 1. The number of aliphatic hydroxyl groups excluding tert-OH is 2. The van der Waals surface area contributed by atoms with Gasteiger partial charge in [0.1, 0.15) is 5.82 Å². The Hall–Kier alpha value is -4.34. The predicted octanol–water partition coefficient (Wildman–Crippen LogP) is -0.158. The van der Waals surface area contributed by atoms with Crippen LogP contribution in [0.4, 0.5) is 22.0 Å². The Balaban J connectivity index is 1.14. The molecule has 0 aliphatic carbocycles. The topological polar surface area (TPSA) is 174 Å². The van der Waals surface area contributed by atoms with Crippen LogP contribution in [0.15, 0.2) is 41.0 Å². The Morgan fingerprint density at radius 2 is 2.02 bits per heavy atom. The summed E-state index contributed by atoms with van der Waals surface area (Å²) in [6.45, 7) is 3.50. The lowest BCUT2D eigenvalue weighted by molar-refractivity contribution is 0.0801. The highest BCUT2D eigenvalue weighted by atomic mass is 19.1. The summed E-state index contributed by atoms with van der Waals surface area (Å²) in [7, 11) is 1.88. The van der Waals surface area contributed by atoms with E-state index in [-0.39, 0.29) is 18.1 Å². The highest BCUT2D eigenvalue weighted by Gasteiger charge is 2.22.